The van der Waals surface area contributed by atoms with E-state index in [1.165, 1.54) is 40.7 Å². The lowest BCUT2D eigenvalue weighted by atomic mass is 10.2. The van der Waals surface area contributed by atoms with Gasteiger partial charge >= 0.3 is 5.97 Å². The number of piperazine rings is 1. The number of ether oxygens (including phenoxy) is 2. The topological polar surface area (TPSA) is 131 Å². The molecule has 0 amide bonds. The van der Waals surface area contributed by atoms with Crippen LogP contribution in [0.3, 0.4) is 0 Å². The van der Waals surface area contributed by atoms with Crippen molar-refractivity contribution in [3.63, 3.8) is 0 Å². The third-order valence-electron chi connectivity index (χ3n) is 5.07. The molecule has 2 aliphatic heterocycles. The van der Waals surface area contributed by atoms with Gasteiger partial charge in [0.2, 0.25) is 20.0 Å². The fourth-order valence-corrected chi connectivity index (χ4v) is 6.33. The summed E-state index contributed by atoms with van der Waals surface area (Å²) in [7, 11) is -7.80. The van der Waals surface area contributed by atoms with E-state index in [9.17, 15) is 21.6 Å². The minimum atomic E-state index is -3.95. The Morgan fingerprint density at radius 1 is 0.774 bits per heavy atom. The molecule has 0 atom stereocenters. The van der Waals surface area contributed by atoms with Crippen molar-refractivity contribution >= 4 is 26.0 Å². The van der Waals surface area contributed by atoms with E-state index < -0.39 is 26.0 Å². The fraction of sp³-hybridized carbons (Fsp3) is 0.316. The zero-order valence-electron chi connectivity index (χ0n) is 16.3. The molecule has 0 bridgehead atoms. The molecule has 166 valence electrons. The first-order chi connectivity index (χ1) is 14.7. The molecule has 2 heterocycles. The number of sulfonamides is 2. The molecule has 0 saturated carbocycles. The van der Waals surface area contributed by atoms with Gasteiger partial charge in [0.15, 0.2) is 11.5 Å². The van der Waals surface area contributed by atoms with Gasteiger partial charge < -0.3 is 14.6 Å². The summed E-state index contributed by atoms with van der Waals surface area (Å²) in [6.07, 6.45) is 0. The number of fused-ring (bicyclic) bond motifs is 1. The molecule has 10 nitrogen and oxygen atoms in total. The average molecular weight is 469 g/mol. The predicted molar refractivity (Wildman–Crippen MR) is 108 cm³/mol. The maximum absolute atomic E-state index is 13.0. The van der Waals surface area contributed by atoms with E-state index in [-0.39, 0.29) is 41.5 Å². The van der Waals surface area contributed by atoms with Crippen molar-refractivity contribution in [1.29, 1.82) is 0 Å². The molecule has 0 aromatic heterocycles. The van der Waals surface area contributed by atoms with E-state index in [1.807, 2.05) is 0 Å². The van der Waals surface area contributed by atoms with Crippen LogP contribution in [0.5, 0.6) is 11.5 Å². The normalized spacial score (nSPS) is 17.9. The number of rotatable bonds is 5. The Kier molecular flexibility index (Phi) is 5.64. The molecule has 0 radical (unpaired) electrons. The molecule has 2 aromatic rings. The smallest absolute Gasteiger partial charge is 0.335 e. The van der Waals surface area contributed by atoms with Crippen LogP contribution in [0.25, 0.3) is 0 Å². The number of hydrogen-bond donors (Lipinski definition) is 1. The van der Waals surface area contributed by atoms with Crippen LogP contribution in [-0.2, 0) is 20.0 Å². The van der Waals surface area contributed by atoms with Gasteiger partial charge in [-0.2, -0.15) is 8.61 Å². The number of benzene rings is 2. The zero-order valence-corrected chi connectivity index (χ0v) is 17.9. The number of carboxylic acids is 1. The first-order valence-corrected chi connectivity index (χ1v) is 12.3. The molecule has 31 heavy (non-hydrogen) atoms. The van der Waals surface area contributed by atoms with E-state index in [4.69, 9.17) is 14.6 Å². The fourth-order valence-electron chi connectivity index (χ4n) is 3.42. The van der Waals surface area contributed by atoms with Crippen LogP contribution in [0, 0.1) is 0 Å². The SMILES string of the molecule is O=C(O)c1cccc(S(=O)(=O)N2CCN(S(=O)(=O)c3ccc4c(c3)OCCO4)CC2)c1. The highest BCUT2D eigenvalue weighted by Gasteiger charge is 2.34. The predicted octanol–water partition coefficient (Wildman–Crippen LogP) is 0.851. The first kappa shape index (κ1) is 21.6. The molecule has 12 heteroatoms. The van der Waals surface area contributed by atoms with Crippen LogP contribution in [0.2, 0.25) is 0 Å². The lowest BCUT2D eigenvalue weighted by Crippen LogP contribution is -2.50. The number of aromatic carboxylic acids is 1. The highest BCUT2D eigenvalue weighted by molar-refractivity contribution is 7.89. The van der Waals surface area contributed by atoms with E-state index in [2.05, 4.69) is 0 Å². The molecular weight excluding hydrogens is 448 g/mol. The van der Waals surface area contributed by atoms with Gasteiger partial charge in [-0.25, -0.2) is 21.6 Å². The first-order valence-electron chi connectivity index (χ1n) is 9.43. The van der Waals surface area contributed by atoms with Crippen LogP contribution in [0.15, 0.2) is 52.3 Å². The molecule has 4 rings (SSSR count). The standard InChI is InChI=1S/C19H20N2O8S2/c22-19(23)14-2-1-3-15(12-14)30(24,25)20-6-8-21(9-7-20)31(26,27)16-4-5-17-18(13-16)29-11-10-28-17/h1-5,12-13H,6-11H2,(H,22,23). The van der Waals surface area contributed by atoms with Gasteiger partial charge in [0.1, 0.15) is 13.2 Å². The van der Waals surface area contributed by atoms with Gasteiger partial charge in [0.25, 0.3) is 0 Å². The van der Waals surface area contributed by atoms with E-state index >= 15 is 0 Å². The lowest BCUT2D eigenvalue weighted by Gasteiger charge is -2.33. The van der Waals surface area contributed by atoms with Crippen LogP contribution in [0.1, 0.15) is 10.4 Å². The molecule has 1 fully saturated rings. The summed E-state index contributed by atoms with van der Waals surface area (Å²) in [5.41, 5.74) is -0.138. The Labute approximate surface area is 179 Å². The molecule has 1 N–H and O–H groups in total. The minimum Gasteiger partial charge on any atom is -0.486 e. The second-order valence-electron chi connectivity index (χ2n) is 6.95. The van der Waals surface area contributed by atoms with Crippen molar-refractivity contribution in [2.45, 2.75) is 9.79 Å². The Balaban J connectivity index is 1.50. The molecule has 2 aromatic carbocycles. The van der Waals surface area contributed by atoms with Crippen molar-refractivity contribution < 1.29 is 36.2 Å². The Morgan fingerprint density at radius 3 is 1.90 bits per heavy atom. The maximum Gasteiger partial charge on any atom is 0.335 e. The molecule has 2 aliphatic rings. The Morgan fingerprint density at radius 2 is 1.32 bits per heavy atom. The van der Waals surface area contributed by atoms with Gasteiger partial charge in [-0.05, 0) is 30.3 Å². The number of carboxylic acid groups (broad SMARTS) is 1. The van der Waals surface area contributed by atoms with Gasteiger partial charge in [0.05, 0.1) is 15.4 Å². The second kappa shape index (κ2) is 8.11. The zero-order chi connectivity index (χ0) is 22.2. The highest BCUT2D eigenvalue weighted by atomic mass is 32.2. The van der Waals surface area contributed by atoms with E-state index in [0.29, 0.717) is 24.7 Å². The van der Waals surface area contributed by atoms with Crippen LogP contribution < -0.4 is 9.47 Å². The third kappa shape index (κ3) is 4.11. The van der Waals surface area contributed by atoms with Gasteiger partial charge in [-0.1, -0.05) is 6.07 Å². The summed E-state index contributed by atoms with van der Waals surface area (Å²) in [6, 6.07) is 9.46. The summed E-state index contributed by atoms with van der Waals surface area (Å²) >= 11 is 0. The quantitative estimate of drug-likeness (QED) is 0.684. The molecule has 0 spiro atoms. The summed E-state index contributed by atoms with van der Waals surface area (Å²) in [4.78, 5) is 11.0. The van der Waals surface area contributed by atoms with Crippen molar-refractivity contribution in [2.24, 2.45) is 0 Å². The summed E-state index contributed by atoms with van der Waals surface area (Å²) < 4.78 is 65.0. The molecule has 0 aliphatic carbocycles. The van der Waals surface area contributed by atoms with Crippen LogP contribution in [0.4, 0.5) is 0 Å². The van der Waals surface area contributed by atoms with E-state index in [1.54, 1.807) is 0 Å². The van der Waals surface area contributed by atoms with Crippen LogP contribution in [-0.4, -0.2) is 75.9 Å². The summed E-state index contributed by atoms with van der Waals surface area (Å²) in [5, 5.41) is 9.09. The van der Waals surface area contributed by atoms with Crippen molar-refractivity contribution in [3.8, 4) is 11.5 Å². The Bertz CT molecular complexity index is 1220. The summed E-state index contributed by atoms with van der Waals surface area (Å²) in [6.45, 7) is 0.553. The monoisotopic (exact) mass is 468 g/mol. The number of hydrogen-bond acceptors (Lipinski definition) is 7. The Hall–Kier alpha value is -2.67. The number of nitrogens with zero attached hydrogens (tertiary/aromatic N) is 2. The maximum atomic E-state index is 13.0. The summed E-state index contributed by atoms with van der Waals surface area (Å²) in [5.74, 6) is -0.399. The largest absolute Gasteiger partial charge is 0.486 e. The van der Waals surface area contributed by atoms with Crippen molar-refractivity contribution in [2.75, 3.05) is 39.4 Å². The third-order valence-corrected chi connectivity index (χ3v) is 8.86. The molecular formula is C19H20N2O8S2. The van der Waals surface area contributed by atoms with Gasteiger partial charge in [-0.3, -0.25) is 0 Å². The molecule has 1 saturated heterocycles. The highest BCUT2D eigenvalue weighted by Crippen LogP contribution is 2.33. The molecule has 0 unspecified atom stereocenters. The average Bonchev–Trinajstić information content (AvgIpc) is 2.79. The van der Waals surface area contributed by atoms with Gasteiger partial charge in [0, 0.05) is 32.2 Å². The van der Waals surface area contributed by atoms with Gasteiger partial charge in [-0.15, -0.1) is 0 Å². The van der Waals surface area contributed by atoms with Crippen molar-refractivity contribution in [3.05, 3.63) is 48.0 Å². The minimum absolute atomic E-state index is 0.0331. The number of carbonyl (C=O) groups is 1. The second-order valence-corrected chi connectivity index (χ2v) is 10.8. The van der Waals surface area contributed by atoms with Crippen molar-refractivity contribution in [1.82, 2.24) is 8.61 Å². The van der Waals surface area contributed by atoms with Crippen LogP contribution >= 0.6 is 0 Å². The lowest BCUT2D eigenvalue weighted by molar-refractivity contribution is 0.0696. The van der Waals surface area contributed by atoms with E-state index in [0.717, 1.165) is 10.4 Å².